The van der Waals surface area contributed by atoms with E-state index in [0.717, 1.165) is 19.8 Å². The van der Waals surface area contributed by atoms with Gasteiger partial charge < -0.3 is 22.2 Å². The van der Waals surface area contributed by atoms with E-state index < -0.39 is 7.25 Å². The molecule has 1 aliphatic heterocycles. The molecule has 1 aliphatic rings. The first-order valence-corrected chi connectivity index (χ1v) is 4.99. The lowest BCUT2D eigenvalue weighted by molar-refractivity contribution is -0.848. The third-order valence-electron chi connectivity index (χ3n) is 1.85. The van der Waals surface area contributed by atoms with Crippen molar-refractivity contribution in [3.05, 3.63) is 25.1 Å². The summed E-state index contributed by atoms with van der Waals surface area (Å²) in [5.74, 6) is 0. The summed E-state index contributed by atoms with van der Waals surface area (Å²) in [6.45, 7) is 6.44. The van der Waals surface area contributed by atoms with Crippen LogP contribution in [0.4, 0.5) is 17.3 Å². The van der Waals surface area contributed by atoms with Crippen molar-refractivity contribution in [2.75, 3.05) is 19.8 Å². The van der Waals surface area contributed by atoms with Crippen molar-refractivity contribution in [3.63, 3.8) is 0 Å². The highest BCUT2D eigenvalue weighted by molar-refractivity contribution is 6.50. The minimum atomic E-state index is -6.00. The predicted molar refractivity (Wildman–Crippen MR) is 57.2 cm³/mol. The van der Waals surface area contributed by atoms with Gasteiger partial charge in [0.1, 0.15) is 6.20 Å². The highest BCUT2D eigenvalue weighted by atomic mass is 19.5. The molecule has 0 saturated carbocycles. The highest BCUT2D eigenvalue weighted by Crippen LogP contribution is 2.06. The zero-order valence-corrected chi connectivity index (χ0v) is 9.25. The fraction of sp³-hybridized carbons (Fsp3) is 0.444. The van der Waals surface area contributed by atoms with E-state index in [4.69, 9.17) is 5.26 Å². The quantitative estimate of drug-likeness (QED) is 0.459. The van der Waals surface area contributed by atoms with Crippen LogP contribution in [0.2, 0.25) is 0 Å². The standard InChI is InChI=1S/C9H13N3.BF4/c1-2-5-11-7-8-12(9-11)6-3-4-10;2-1(3,4)5/h2,7-8H,1,3,5-6,9H2;/q;-1/p+1. The molecule has 17 heavy (non-hydrogen) atoms. The van der Waals surface area contributed by atoms with E-state index in [1.54, 1.807) is 0 Å². The Labute approximate surface area is 97.7 Å². The molecule has 0 fully saturated rings. The topological polar surface area (TPSA) is 31.5 Å². The van der Waals surface area contributed by atoms with E-state index in [2.05, 4.69) is 29.9 Å². The summed E-state index contributed by atoms with van der Waals surface area (Å²) in [5, 5.41) is 8.38. The Hall–Kier alpha value is -1.49. The van der Waals surface area contributed by atoms with E-state index in [-0.39, 0.29) is 0 Å². The van der Waals surface area contributed by atoms with E-state index in [1.165, 1.54) is 4.90 Å². The van der Waals surface area contributed by atoms with Gasteiger partial charge in [0, 0.05) is 6.54 Å². The molecule has 0 spiro atoms. The molecule has 8 heteroatoms. The largest absolute Gasteiger partial charge is 0.673 e. The molecule has 0 amide bonds. The molecule has 96 valence electrons. The van der Waals surface area contributed by atoms with Crippen LogP contribution < -0.4 is 4.90 Å². The molecule has 0 aromatic rings. The lowest BCUT2D eigenvalue weighted by Gasteiger charge is -2.13. The third-order valence-corrected chi connectivity index (χ3v) is 1.85. The van der Waals surface area contributed by atoms with Gasteiger partial charge in [0.15, 0.2) is 6.67 Å². The number of hydrogen-bond donors (Lipinski definition) is 1. The summed E-state index contributed by atoms with van der Waals surface area (Å²) in [6.07, 6.45) is 6.68. The zero-order valence-electron chi connectivity index (χ0n) is 9.25. The van der Waals surface area contributed by atoms with Crippen molar-refractivity contribution >= 4 is 7.25 Å². The molecule has 0 bridgehead atoms. The molecule has 1 atom stereocenters. The van der Waals surface area contributed by atoms with Crippen LogP contribution >= 0.6 is 0 Å². The van der Waals surface area contributed by atoms with Gasteiger partial charge in [0.05, 0.1) is 25.2 Å². The SMILES string of the molecule is C=CCN1C=C[NH+](CCC#N)C1.F[B-](F)(F)F. The van der Waals surface area contributed by atoms with Gasteiger partial charge >= 0.3 is 7.25 Å². The van der Waals surface area contributed by atoms with Gasteiger partial charge in [-0.05, 0) is 0 Å². The van der Waals surface area contributed by atoms with Gasteiger partial charge in [0.25, 0.3) is 0 Å². The minimum Gasteiger partial charge on any atom is -0.418 e. The van der Waals surface area contributed by atoms with Crippen molar-refractivity contribution in [2.45, 2.75) is 6.42 Å². The van der Waals surface area contributed by atoms with Crippen LogP contribution in [0.25, 0.3) is 0 Å². The van der Waals surface area contributed by atoms with E-state index in [1.807, 2.05) is 6.08 Å². The third kappa shape index (κ3) is 10.8. The molecule has 1 N–H and O–H groups in total. The highest BCUT2D eigenvalue weighted by Gasteiger charge is 2.20. The first kappa shape index (κ1) is 15.5. The van der Waals surface area contributed by atoms with Crippen LogP contribution in [-0.2, 0) is 0 Å². The normalized spacial score (nSPS) is 18.3. The number of rotatable bonds is 4. The van der Waals surface area contributed by atoms with Crippen molar-refractivity contribution < 1.29 is 22.2 Å². The molecule has 0 aromatic carbocycles. The monoisotopic (exact) mass is 251 g/mol. The summed E-state index contributed by atoms with van der Waals surface area (Å²) >= 11 is 0. The van der Waals surface area contributed by atoms with Gasteiger partial charge in [-0.15, -0.1) is 6.58 Å². The second-order valence-corrected chi connectivity index (χ2v) is 3.35. The minimum absolute atomic E-state index is 0.627. The molecular weight excluding hydrogens is 237 g/mol. The molecule has 0 saturated heterocycles. The van der Waals surface area contributed by atoms with E-state index in [0.29, 0.717) is 6.42 Å². The van der Waals surface area contributed by atoms with E-state index >= 15 is 0 Å². The zero-order chi connectivity index (χ0) is 13.3. The van der Waals surface area contributed by atoms with Crippen LogP contribution in [0.15, 0.2) is 25.1 Å². The molecule has 1 unspecified atom stereocenters. The Morgan fingerprint density at radius 3 is 2.53 bits per heavy atom. The maximum Gasteiger partial charge on any atom is 0.673 e. The van der Waals surface area contributed by atoms with Gasteiger partial charge in [-0.1, -0.05) is 6.08 Å². The maximum atomic E-state index is 9.75. The summed E-state index contributed by atoms with van der Waals surface area (Å²) < 4.78 is 39.0. The van der Waals surface area contributed by atoms with Crippen molar-refractivity contribution in [2.24, 2.45) is 0 Å². The van der Waals surface area contributed by atoms with Crippen LogP contribution in [0.5, 0.6) is 0 Å². The predicted octanol–water partition coefficient (Wildman–Crippen LogP) is 1.02. The molecule has 3 nitrogen and oxygen atoms in total. The molecule has 0 aromatic heterocycles. The lowest BCUT2D eigenvalue weighted by atomic mass is 10.3. The first-order chi connectivity index (χ1) is 7.86. The molecule has 0 radical (unpaired) electrons. The van der Waals surface area contributed by atoms with Crippen LogP contribution in [0, 0.1) is 11.3 Å². The van der Waals surface area contributed by atoms with Gasteiger partial charge in [-0.3, -0.25) is 4.90 Å². The summed E-state index contributed by atoms with van der Waals surface area (Å²) in [5.41, 5.74) is 0. The smallest absolute Gasteiger partial charge is 0.418 e. The van der Waals surface area contributed by atoms with Gasteiger partial charge in [-0.25, -0.2) is 0 Å². The fourth-order valence-electron chi connectivity index (χ4n) is 1.25. The number of hydrogen-bond acceptors (Lipinski definition) is 2. The molecule has 0 aliphatic carbocycles. The number of nitrogens with zero attached hydrogens (tertiary/aromatic N) is 2. The van der Waals surface area contributed by atoms with Crippen LogP contribution in [0.1, 0.15) is 6.42 Å². The molecular formula is C9H14BF4N3. The second kappa shape index (κ2) is 7.73. The molecule has 1 heterocycles. The maximum absolute atomic E-state index is 9.75. The second-order valence-electron chi connectivity index (χ2n) is 3.35. The fourth-order valence-corrected chi connectivity index (χ4v) is 1.25. The van der Waals surface area contributed by atoms with Gasteiger partial charge in [0.2, 0.25) is 0 Å². The van der Waals surface area contributed by atoms with Crippen LogP contribution in [-0.4, -0.2) is 31.9 Å². The van der Waals surface area contributed by atoms with E-state index in [9.17, 15) is 17.3 Å². The number of nitrogens with one attached hydrogen (secondary N) is 1. The number of halogens is 4. The van der Waals surface area contributed by atoms with Crippen molar-refractivity contribution in [1.82, 2.24) is 4.90 Å². The average molecular weight is 251 g/mol. The Kier molecular flexibility index (Phi) is 7.06. The lowest BCUT2D eigenvalue weighted by Crippen LogP contribution is -3.07. The average Bonchev–Trinajstić information content (AvgIpc) is 2.61. The Balaban J connectivity index is 0.000000437. The Morgan fingerprint density at radius 1 is 1.47 bits per heavy atom. The Bertz CT molecular complexity index is 292. The van der Waals surface area contributed by atoms with Crippen LogP contribution in [0.3, 0.4) is 0 Å². The summed E-state index contributed by atoms with van der Waals surface area (Å²) in [4.78, 5) is 3.53. The van der Waals surface area contributed by atoms with Crippen molar-refractivity contribution in [3.8, 4) is 6.07 Å². The number of quaternary nitrogens is 1. The number of nitriles is 1. The summed E-state index contributed by atoms with van der Waals surface area (Å²) in [7, 11) is -6.00. The Morgan fingerprint density at radius 2 is 2.06 bits per heavy atom. The molecule has 1 rings (SSSR count). The summed E-state index contributed by atoms with van der Waals surface area (Å²) in [6, 6.07) is 2.15. The van der Waals surface area contributed by atoms with Crippen molar-refractivity contribution in [1.29, 1.82) is 5.26 Å². The van der Waals surface area contributed by atoms with Gasteiger partial charge in [-0.2, -0.15) is 5.26 Å². The first-order valence-electron chi connectivity index (χ1n) is 4.99.